The van der Waals surface area contributed by atoms with Crippen LogP contribution in [0.5, 0.6) is 0 Å². The molecule has 0 bridgehead atoms. The van der Waals surface area contributed by atoms with Crippen molar-refractivity contribution in [2.75, 3.05) is 0 Å². The van der Waals surface area contributed by atoms with Crippen LogP contribution in [-0.2, 0) is 28.5 Å². The molecule has 0 aliphatic carbocycles. The van der Waals surface area contributed by atoms with E-state index in [-0.39, 0.29) is 134 Å². The minimum atomic E-state index is -5.14. The van der Waals surface area contributed by atoms with Gasteiger partial charge in [0.25, 0.3) is 11.9 Å². The van der Waals surface area contributed by atoms with E-state index >= 15 is 0 Å². The molecule has 0 saturated carbocycles. The molecule has 0 fully saturated rings. The zero-order chi connectivity index (χ0) is 22.4. The Balaban J connectivity index is -0.0000000182. The largest absolute Gasteiger partial charge is 2.00 e. The van der Waals surface area contributed by atoms with E-state index in [1.807, 2.05) is 0 Å². The predicted octanol–water partition coefficient (Wildman–Crippen LogP) is -15.1. The predicted molar refractivity (Wildman–Crippen MR) is 74.2 cm³/mol. The van der Waals surface area contributed by atoms with E-state index in [2.05, 4.69) is 0 Å². The van der Waals surface area contributed by atoms with Crippen LogP contribution >= 0.6 is 7.82 Å². The van der Waals surface area contributed by atoms with Crippen LogP contribution in [0.3, 0.4) is 0 Å². The van der Waals surface area contributed by atoms with Crippen LogP contribution in [0, 0.1) is 0 Å². The van der Waals surface area contributed by atoms with Gasteiger partial charge in [0.15, 0.2) is 0 Å². The average molecular weight is 503 g/mol. The molecule has 0 spiro atoms. The molecule has 0 radical (unpaired) electrons. The Bertz CT molecular complexity index is 348. The Morgan fingerprint density at radius 2 is 0.655 bits per heavy atom. The molecule has 19 heteroatoms. The first kappa shape index (κ1) is 63.2. The third-order valence-corrected chi connectivity index (χ3v) is 0. The van der Waals surface area contributed by atoms with Gasteiger partial charge in [0.2, 0.25) is 0 Å². The summed E-state index contributed by atoms with van der Waals surface area (Å²) in [4.78, 5) is 69.0. The Morgan fingerprint density at radius 1 is 0.655 bits per heavy atom. The fourth-order valence-corrected chi connectivity index (χ4v) is 0. The molecule has 0 aliphatic rings. The molecule has 29 heavy (non-hydrogen) atoms. The van der Waals surface area contributed by atoms with Crippen LogP contribution < -0.4 is 136 Å². The summed E-state index contributed by atoms with van der Waals surface area (Å²) in [6, 6.07) is 0. The molecule has 0 heterocycles. The van der Waals surface area contributed by atoms with E-state index in [9.17, 15) is 0 Å². The molecule has 0 aromatic rings. The van der Waals surface area contributed by atoms with E-state index in [1.165, 1.54) is 0 Å². The SMILES string of the molecule is CC(=O)O.CC(=O)O.CC(=O)[O-].CC(=O)[O-].CC(=O)[O-].O=P([O-])([O-])O.[K+].[Mg+2].[Na+].[Na+]. The minimum Gasteiger partial charge on any atom is -0.790 e. The molecule has 14 nitrogen and oxygen atoms in total. The van der Waals surface area contributed by atoms with Crippen molar-refractivity contribution in [2.24, 2.45) is 0 Å². The zero-order valence-corrected chi connectivity index (χ0v) is 26.9. The van der Waals surface area contributed by atoms with Gasteiger partial charge in [0.05, 0.1) is 7.82 Å². The number of carboxylic acid groups (broad SMARTS) is 5. The summed E-state index contributed by atoms with van der Waals surface area (Å²) in [5, 5.41) is 41.5. The molecule has 0 amide bonds. The Hall–Kier alpha value is 1.86. The molecular formula is C10H18KMgNa2O14P. The van der Waals surface area contributed by atoms with E-state index in [0.717, 1.165) is 34.6 Å². The number of hydrogen-bond donors (Lipinski definition) is 3. The molecule has 0 saturated heterocycles. The summed E-state index contributed by atoms with van der Waals surface area (Å²) in [7, 11) is -5.14. The molecule has 0 atom stereocenters. The molecule has 152 valence electrons. The van der Waals surface area contributed by atoms with Crippen molar-refractivity contribution < 1.29 is 179 Å². The molecule has 0 unspecified atom stereocenters. The van der Waals surface area contributed by atoms with Gasteiger partial charge in [-0.2, -0.15) is 0 Å². The molecule has 0 aliphatic heterocycles. The van der Waals surface area contributed by atoms with Gasteiger partial charge in [0, 0.05) is 31.8 Å². The van der Waals surface area contributed by atoms with Crippen molar-refractivity contribution in [3.8, 4) is 0 Å². The first-order valence-electron chi connectivity index (χ1n) is 5.33. The summed E-state index contributed by atoms with van der Waals surface area (Å²) in [6.07, 6.45) is 0. The summed E-state index contributed by atoms with van der Waals surface area (Å²) >= 11 is 0. The summed E-state index contributed by atoms with van der Waals surface area (Å²) in [6.45, 7) is 5.08. The summed E-state index contributed by atoms with van der Waals surface area (Å²) < 4.78 is 8.66. The van der Waals surface area contributed by atoms with E-state index < -0.39 is 37.7 Å². The molecule has 0 rings (SSSR count). The van der Waals surface area contributed by atoms with Crippen LogP contribution in [0.15, 0.2) is 0 Å². The standard InChI is InChI=1S/5C2H4O2.K.Mg.2Na.H3O4P/c5*1-2(3)4;;;;;1-5(2,3)4/h5*1H3,(H,3,4);;;;;(H3,1,2,3,4)/q;;;;;+1;+2;2*+1;/p-5. The fourth-order valence-electron chi connectivity index (χ4n) is 0. The van der Waals surface area contributed by atoms with Crippen molar-refractivity contribution in [3.63, 3.8) is 0 Å². The topological polar surface area (TPSA) is 278 Å². The molecule has 0 aromatic carbocycles. The van der Waals surface area contributed by atoms with Crippen LogP contribution in [0.2, 0.25) is 0 Å². The molecule has 3 N–H and O–H groups in total. The monoisotopic (exact) mass is 502 g/mol. The van der Waals surface area contributed by atoms with Gasteiger partial charge >= 0.3 is 134 Å². The maximum atomic E-state index is 9.00. The maximum Gasteiger partial charge on any atom is 2.00 e. The van der Waals surface area contributed by atoms with Crippen LogP contribution in [0.4, 0.5) is 0 Å². The van der Waals surface area contributed by atoms with Crippen molar-refractivity contribution >= 4 is 60.7 Å². The van der Waals surface area contributed by atoms with Crippen LogP contribution in [-0.4, -0.2) is 68.0 Å². The Morgan fingerprint density at radius 3 is 0.655 bits per heavy atom. The van der Waals surface area contributed by atoms with Gasteiger partial charge < -0.3 is 59.2 Å². The van der Waals surface area contributed by atoms with Gasteiger partial charge in [-0.05, 0) is 20.8 Å². The zero-order valence-electron chi connectivity index (χ0n) is 17.5. The number of carbonyl (C=O) groups excluding carboxylic acids is 3. The number of hydrogen-bond acceptors (Lipinski definition) is 11. The van der Waals surface area contributed by atoms with Crippen molar-refractivity contribution in [1.29, 1.82) is 0 Å². The van der Waals surface area contributed by atoms with Crippen molar-refractivity contribution in [1.82, 2.24) is 0 Å². The second-order valence-corrected chi connectivity index (χ2v) is 3.92. The number of aliphatic carboxylic acids is 5. The second kappa shape index (κ2) is 47.6. The first-order chi connectivity index (χ1) is 10.7. The number of phosphoric acid groups is 1. The van der Waals surface area contributed by atoms with E-state index in [0.29, 0.717) is 0 Å². The van der Waals surface area contributed by atoms with Crippen molar-refractivity contribution in [3.05, 3.63) is 0 Å². The molecular weight excluding hydrogens is 484 g/mol. The van der Waals surface area contributed by atoms with Gasteiger partial charge in [0.1, 0.15) is 0 Å². The van der Waals surface area contributed by atoms with Gasteiger partial charge in [-0.3, -0.25) is 9.59 Å². The minimum absolute atomic E-state index is 0. The third kappa shape index (κ3) is 6680. The van der Waals surface area contributed by atoms with E-state index in [4.69, 9.17) is 68.8 Å². The number of carbonyl (C=O) groups is 5. The smallest absolute Gasteiger partial charge is 0.790 e. The third-order valence-electron chi connectivity index (χ3n) is 0. The van der Waals surface area contributed by atoms with Crippen LogP contribution in [0.25, 0.3) is 0 Å². The van der Waals surface area contributed by atoms with Gasteiger partial charge in [-0.25, -0.2) is 0 Å². The fraction of sp³-hybridized carbons (Fsp3) is 0.500. The Labute approximate surface area is 270 Å². The number of rotatable bonds is 0. The van der Waals surface area contributed by atoms with Gasteiger partial charge in [-0.15, -0.1) is 0 Å². The molecule has 0 aromatic heterocycles. The maximum absolute atomic E-state index is 9.00. The second-order valence-electron chi connectivity index (χ2n) is 2.98. The Kier molecular flexibility index (Phi) is 104. The quantitative estimate of drug-likeness (QED) is 0.205. The summed E-state index contributed by atoms with van der Waals surface area (Å²) in [5.74, 6) is -4.92. The van der Waals surface area contributed by atoms with E-state index in [1.54, 1.807) is 0 Å². The van der Waals surface area contributed by atoms with Crippen molar-refractivity contribution in [2.45, 2.75) is 34.6 Å². The average Bonchev–Trinajstić information content (AvgIpc) is 2.06. The van der Waals surface area contributed by atoms with Gasteiger partial charge in [-0.1, -0.05) is 0 Å². The first-order valence-corrected chi connectivity index (χ1v) is 6.82. The van der Waals surface area contributed by atoms with Crippen LogP contribution in [0.1, 0.15) is 34.6 Å². The number of carboxylic acids is 5. The summed E-state index contributed by atoms with van der Waals surface area (Å²) in [5.41, 5.74) is 0. The normalized spacial score (nSPS) is 6.34.